The maximum Gasteiger partial charge on any atom is 0.0655 e. The molecule has 0 aliphatic rings. The van der Waals surface area contributed by atoms with Gasteiger partial charge >= 0.3 is 0 Å². The van der Waals surface area contributed by atoms with E-state index in [1.807, 2.05) is 0 Å². The highest BCUT2D eigenvalue weighted by atomic mass is 33.1. The maximum atomic E-state index is 6.07. The lowest BCUT2D eigenvalue weighted by molar-refractivity contribution is 0.190. The monoisotopic (exact) mass is 289 g/mol. The third-order valence-corrected chi connectivity index (χ3v) is 5.70. The van der Waals surface area contributed by atoms with Crippen LogP contribution in [0.3, 0.4) is 0 Å². The summed E-state index contributed by atoms with van der Waals surface area (Å²) >= 11 is 4.62. The van der Waals surface area contributed by atoms with Gasteiger partial charge in [-0.2, -0.15) is 9.93 Å². The number of methoxy groups -OCH3 is 1. The molecule has 0 aromatic rings. The number of rotatable bonds is 8. The molecule has 0 aromatic carbocycles. The summed E-state index contributed by atoms with van der Waals surface area (Å²) in [7, 11) is 1.34. The molecule has 0 amide bonds. The fourth-order valence-corrected chi connectivity index (χ4v) is 3.01. The van der Waals surface area contributed by atoms with Gasteiger partial charge in [-0.25, -0.2) is 0 Å². The van der Waals surface area contributed by atoms with Crippen LogP contribution in [-0.2, 0) is 4.74 Å². The van der Waals surface area contributed by atoms with Crippen LogP contribution in [0.4, 0.5) is 0 Å². The standard InChI is InChI=1S/C14H27NOS2/c1-5-8-12(14(15)11-16-4)9-10-13(6-2)18(17)7-3/h6,8-10,14,17-18H,5,7,11,15H2,1-4H3/b10-9-,12-8-,13-6+. The third kappa shape index (κ3) is 6.69. The number of hydrogen-bond donors (Lipinski definition) is 3. The van der Waals surface area contributed by atoms with E-state index in [4.69, 9.17) is 10.5 Å². The van der Waals surface area contributed by atoms with E-state index in [0.29, 0.717) is 6.61 Å². The lowest BCUT2D eigenvalue weighted by Gasteiger charge is -2.15. The van der Waals surface area contributed by atoms with E-state index in [2.05, 4.69) is 56.7 Å². The molecular formula is C14H27NOS2. The molecule has 0 saturated carbocycles. The SMILES string of the molecule is C\C=C(/C=C\C(=C\CC)C(N)COC)[SH](S)CC. The topological polar surface area (TPSA) is 35.2 Å². The number of hydrogen-bond acceptors (Lipinski definition) is 3. The van der Waals surface area contributed by atoms with Crippen LogP contribution >= 0.6 is 21.6 Å². The van der Waals surface area contributed by atoms with Crippen molar-refractivity contribution in [3.8, 4) is 0 Å². The fourth-order valence-electron chi connectivity index (χ4n) is 1.55. The molecule has 0 heterocycles. The van der Waals surface area contributed by atoms with Gasteiger partial charge in [-0.3, -0.25) is 0 Å². The van der Waals surface area contributed by atoms with Crippen molar-refractivity contribution in [1.82, 2.24) is 0 Å². The molecule has 4 heteroatoms. The van der Waals surface area contributed by atoms with Crippen LogP contribution in [0.15, 0.2) is 34.8 Å². The summed E-state index contributed by atoms with van der Waals surface area (Å²) in [6.07, 6.45) is 9.50. The van der Waals surface area contributed by atoms with Gasteiger partial charge in [0, 0.05) is 7.11 Å². The number of allylic oxidation sites excluding steroid dienone is 3. The van der Waals surface area contributed by atoms with Gasteiger partial charge in [-0.1, -0.05) is 32.1 Å². The Morgan fingerprint density at radius 2 is 2.06 bits per heavy atom. The van der Waals surface area contributed by atoms with Gasteiger partial charge < -0.3 is 10.5 Å². The molecule has 2 unspecified atom stereocenters. The van der Waals surface area contributed by atoms with Crippen molar-refractivity contribution in [1.29, 1.82) is 0 Å². The summed E-state index contributed by atoms with van der Waals surface area (Å²) in [6, 6.07) is -0.0583. The number of thiol groups is 2. The van der Waals surface area contributed by atoms with Gasteiger partial charge in [-0.05, 0) is 35.7 Å². The second-order valence-corrected chi connectivity index (χ2v) is 7.33. The van der Waals surface area contributed by atoms with Crippen molar-refractivity contribution in [3.05, 3.63) is 34.8 Å². The van der Waals surface area contributed by atoms with Gasteiger partial charge in [0.05, 0.1) is 12.6 Å². The lowest BCUT2D eigenvalue weighted by Crippen LogP contribution is -2.27. The van der Waals surface area contributed by atoms with Crippen LogP contribution in [0.1, 0.15) is 27.2 Å². The zero-order valence-electron chi connectivity index (χ0n) is 11.9. The van der Waals surface area contributed by atoms with Crippen LogP contribution in [0.2, 0.25) is 0 Å². The van der Waals surface area contributed by atoms with Gasteiger partial charge in [0.2, 0.25) is 0 Å². The first-order valence-electron chi connectivity index (χ1n) is 6.35. The van der Waals surface area contributed by atoms with E-state index in [9.17, 15) is 0 Å². The van der Waals surface area contributed by atoms with Gasteiger partial charge in [0.25, 0.3) is 0 Å². The fraction of sp³-hybridized carbons (Fsp3) is 0.571. The second kappa shape index (κ2) is 10.7. The molecule has 0 radical (unpaired) electrons. The van der Waals surface area contributed by atoms with Crippen molar-refractivity contribution in [2.24, 2.45) is 5.73 Å². The molecule has 2 N–H and O–H groups in total. The van der Waals surface area contributed by atoms with Crippen LogP contribution in [0.5, 0.6) is 0 Å². The van der Waals surface area contributed by atoms with Crippen molar-refractivity contribution >= 4 is 21.6 Å². The van der Waals surface area contributed by atoms with E-state index in [-0.39, 0.29) is 16.0 Å². The number of nitrogens with two attached hydrogens (primary N) is 1. The van der Waals surface area contributed by atoms with E-state index >= 15 is 0 Å². The van der Waals surface area contributed by atoms with Gasteiger partial charge in [0.15, 0.2) is 0 Å². The predicted molar refractivity (Wildman–Crippen MR) is 89.6 cm³/mol. The Kier molecular flexibility index (Phi) is 10.6. The van der Waals surface area contributed by atoms with E-state index in [1.165, 1.54) is 4.91 Å². The molecule has 0 rings (SSSR count). The van der Waals surface area contributed by atoms with E-state index in [1.54, 1.807) is 7.11 Å². The minimum absolute atomic E-state index is 0.0583. The van der Waals surface area contributed by atoms with Crippen LogP contribution in [0.25, 0.3) is 0 Å². The summed E-state index contributed by atoms with van der Waals surface area (Å²) in [5.74, 6) is 1.08. The quantitative estimate of drug-likeness (QED) is 0.362. The Morgan fingerprint density at radius 1 is 1.39 bits per heavy atom. The Hall–Kier alpha value is -0.160. The first kappa shape index (κ1) is 17.8. The molecule has 0 saturated heterocycles. The van der Waals surface area contributed by atoms with E-state index in [0.717, 1.165) is 17.7 Å². The summed E-state index contributed by atoms with van der Waals surface area (Å²) in [5.41, 5.74) is 7.20. The van der Waals surface area contributed by atoms with Crippen molar-refractivity contribution in [2.75, 3.05) is 19.5 Å². The first-order valence-corrected chi connectivity index (χ1v) is 9.03. The third-order valence-electron chi connectivity index (χ3n) is 2.55. The average Bonchev–Trinajstić information content (AvgIpc) is 2.37. The molecule has 2 atom stereocenters. The van der Waals surface area contributed by atoms with Crippen molar-refractivity contribution in [2.45, 2.75) is 33.2 Å². The van der Waals surface area contributed by atoms with Crippen molar-refractivity contribution in [3.63, 3.8) is 0 Å². The minimum Gasteiger partial charge on any atom is -0.383 e. The molecule has 0 aliphatic carbocycles. The second-order valence-electron chi connectivity index (χ2n) is 3.94. The van der Waals surface area contributed by atoms with Crippen molar-refractivity contribution < 1.29 is 4.74 Å². The Balaban J connectivity index is 4.82. The maximum absolute atomic E-state index is 6.07. The highest BCUT2D eigenvalue weighted by Crippen LogP contribution is 2.39. The summed E-state index contributed by atoms with van der Waals surface area (Å²) in [5, 5.41) is 0. The van der Waals surface area contributed by atoms with Gasteiger partial charge in [0.1, 0.15) is 0 Å². The highest BCUT2D eigenvalue weighted by Gasteiger charge is 2.06. The molecule has 0 bridgehead atoms. The van der Waals surface area contributed by atoms with Gasteiger partial charge in [-0.15, -0.1) is 11.7 Å². The van der Waals surface area contributed by atoms with E-state index < -0.39 is 0 Å². The average molecular weight is 290 g/mol. The Labute approximate surface area is 120 Å². The van der Waals surface area contributed by atoms with Crippen LogP contribution in [-0.4, -0.2) is 25.5 Å². The van der Waals surface area contributed by atoms with Crippen LogP contribution in [0, 0.1) is 0 Å². The highest BCUT2D eigenvalue weighted by molar-refractivity contribution is 8.79. The Morgan fingerprint density at radius 3 is 2.50 bits per heavy atom. The van der Waals surface area contributed by atoms with Crippen LogP contribution < -0.4 is 5.73 Å². The minimum atomic E-state index is -0.340. The predicted octanol–water partition coefficient (Wildman–Crippen LogP) is 3.62. The molecule has 2 nitrogen and oxygen atoms in total. The molecule has 0 fully saturated rings. The summed E-state index contributed by atoms with van der Waals surface area (Å²) in [4.78, 5) is 1.29. The Bertz CT molecular complexity index is 311. The normalized spacial score (nSPS) is 18.2. The zero-order chi connectivity index (χ0) is 14.0. The largest absolute Gasteiger partial charge is 0.383 e. The molecular weight excluding hydrogens is 262 g/mol. The summed E-state index contributed by atoms with van der Waals surface area (Å²) < 4.78 is 5.11. The zero-order valence-corrected chi connectivity index (χ0v) is 13.7. The molecule has 0 spiro atoms. The molecule has 0 aromatic heterocycles. The first-order chi connectivity index (χ1) is 8.60. The molecule has 18 heavy (non-hydrogen) atoms. The lowest BCUT2D eigenvalue weighted by atomic mass is 10.1. The molecule has 0 aliphatic heterocycles. The smallest absolute Gasteiger partial charge is 0.0655 e. The summed E-state index contributed by atoms with van der Waals surface area (Å²) in [6.45, 7) is 6.88. The molecule has 106 valence electrons. The number of ether oxygens (including phenoxy) is 1.